The van der Waals surface area contributed by atoms with E-state index >= 15 is 0 Å². The Bertz CT molecular complexity index is 497. The van der Waals surface area contributed by atoms with E-state index in [9.17, 15) is 0 Å². The topological polar surface area (TPSA) is 38.5 Å². The first-order valence-electron chi connectivity index (χ1n) is 5.81. The predicted octanol–water partition coefficient (Wildman–Crippen LogP) is 2.97. The fourth-order valence-corrected chi connectivity index (χ4v) is 2.55. The largest absolute Gasteiger partial charge is 0.497 e. The van der Waals surface area contributed by atoms with Crippen molar-refractivity contribution in [2.45, 2.75) is 13.1 Å². The molecule has 0 aliphatic carbocycles. The molecule has 1 heterocycles. The van der Waals surface area contributed by atoms with Crippen molar-refractivity contribution in [1.82, 2.24) is 4.90 Å². The molecular formula is C14H18N2OS. The molecule has 1 aromatic carbocycles. The Kier molecular flexibility index (Phi) is 4.23. The number of hydrogen-bond acceptors (Lipinski definition) is 4. The third-order valence-corrected chi connectivity index (χ3v) is 3.56. The molecule has 0 aliphatic rings. The van der Waals surface area contributed by atoms with E-state index in [2.05, 4.69) is 28.8 Å². The second-order valence-corrected chi connectivity index (χ2v) is 5.15. The van der Waals surface area contributed by atoms with Gasteiger partial charge in [0.25, 0.3) is 0 Å². The number of ether oxygens (including phenoxy) is 1. The van der Waals surface area contributed by atoms with Crippen LogP contribution < -0.4 is 10.5 Å². The number of nitrogens with two attached hydrogens (primary N) is 1. The SMILES string of the molecule is COc1ccc(N)c(CN(C)Cc2ccsc2)c1. The van der Waals surface area contributed by atoms with E-state index in [1.165, 1.54) is 5.56 Å². The molecule has 18 heavy (non-hydrogen) atoms. The van der Waals surface area contributed by atoms with Crippen LogP contribution in [0.1, 0.15) is 11.1 Å². The monoisotopic (exact) mass is 262 g/mol. The van der Waals surface area contributed by atoms with Gasteiger partial charge in [0.05, 0.1) is 7.11 Å². The van der Waals surface area contributed by atoms with Crippen molar-refractivity contribution in [3.63, 3.8) is 0 Å². The molecule has 0 amide bonds. The van der Waals surface area contributed by atoms with Crippen molar-refractivity contribution < 1.29 is 4.74 Å². The van der Waals surface area contributed by atoms with E-state index in [-0.39, 0.29) is 0 Å². The molecule has 0 saturated carbocycles. The normalized spacial score (nSPS) is 10.8. The minimum atomic E-state index is 0.813. The number of nitrogen functional groups attached to an aromatic ring is 1. The summed E-state index contributed by atoms with van der Waals surface area (Å²) >= 11 is 1.73. The lowest BCUT2D eigenvalue weighted by Crippen LogP contribution is -2.17. The van der Waals surface area contributed by atoms with Crippen LogP contribution in [0.25, 0.3) is 0 Å². The molecule has 2 rings (SSSR count). The lowest BCUT2D eigenvalue weighted by atomic mass is 10.1. The van der Waals surface area contributed by atoms with Crippen LogP contribution in [0.5, 0.6) is 5.75 Å². The van der Waals surface area contributed by atoms with Crippen LogP contribution in [0.2, 0.25) is 0 Å². The molecule has 1 aromatic heterocycles. The van der Waals surface area contributed by atoms with Gasteiger partial charge in [0.1, 0.15) is 5.75 Å². The van der Waals surface area contributed by atoms with Crippen molar-refractivity contribution in [2.75, 3.05) is 19.9 Å². The molecule has 0 atom stereocenters. The third-order valence-electron chi connectivity index (χ3n) is 2.82. The van der Waals surface area contributed by atoms with Crippen LogP contribution in [0.15, 0.2) is 35.0 Å². The average Bonchev–Trinajstić information content (AvgIpc) is 2.84. The standard InChI is InChI=1S/C14H18N2OS/c1-16(8-11-5-6-18-10-11)9-12-7-13(17-2)3-4-14(12)15/h3-7,10H,8-9,15H2,1-2H3. The Morgan fingerprint density at radius 1 is 1.28 bits per heavy atom. The lowest BCUT2D eigenvalue weighted by Gasteiger charge is -2.17. The van der Waals surface area contributed by atoms with Crippen molar-refractivity contribution in [3.05, 3.63) is 46.2 Å². The Hall–Kier alpha value is -1.52. The number of methoxy groups -OCH3 is 1. The number of thiophene rings is 1. The third kappa shape index (κ3) is 3.24. The minimum absolute atomic E-state index is 0.813. The fraction of sp³-hybridized carbons (Fsp3) is 0.286. The van der Waals surface area contributed by atoms with Gasteiger partial charge in [-0.1, -0.05) is 0 Å². The predicted molar refractivity (Wildman–Crippen MR) is 76.9 cm³/mol. The molecule has 0 aliphatic heterocycles. The first-order chi connectivity index (χ1) is 8.69. The Morgan fingerprint density at radius 3 is 2.78 bits per heavy atom. The summed E-state index contributed by atoms with van der Waals surface area (Å²) < 4.78 is 5.22. The van der Waals surface area contributed by atoms with Crippen LogP contribution >= 0.6 is 11.3 Å². The van der Waals surface area contributed by atoms with E-state index in [0.717, 1.165) is 30.1 Å². The molecule has 2 aromatic rings. The Labute approximate surface area is 112 Å². The smallest absolute Gasteiger partial charge is 0.119 e. The van der Waals surface area contributed by atoms with Gasteiger partial charge < -0.3 is 10.5 Å². The summed E-state index contributed by atoms with van der Waals surface area (Å²) in [5, 5.41) is 4.27. The highest BCUT2D eigenvalue weighted by Crippen LogP contribution is 2.21. The molecule has 3 nitrogen and oxygen atoms in total. The molecule has 4 heteroatoms. The van der Waals surface area contributed by atoms with E-state index in [0.29, 0.717) is 0 Å². The molecule has 0 bridgehead atoms. The molecule has 0 spiro atoms. The van der Waals surface area contributed by atoms with E-state index in [4.69, 9.17) is 10.5 Å². The first-order valence-corrected chi connectivity index (χ1v) is 6.75. The van der Waals surface area contributed by atoms with Gasteiger partial charge in [-0.3, -0.25) is 4.90 Å². The Balaban J connectivity index is 2.04. The van der Waals surface area contributed by atoms with Crippen LogP contribution in [0, 0.1) is 0 Å². The van der Waals surface area contributed by atoms with Crippen molar-refractivity contribution >= 4 is 17.0 Å². The highest BCUT2D eigenvalue weighted by Gasteiger charge is 2.06. The number of hydrogen-bond donors (Lipinski definition) is 1. The summed E-state index contributed by atoms with van der Waals surface area (Å²) in [7, 11) is 3.76. The molecule has 0 saturated heterocycles. The van der Waals surface area contributed by atoms with Gasteiger partial charge in [0.15, 0.2) is 0 Å². The second kappa shape index (κ2) is 5.89. The maximum Gasteiger partial charge on any atom is 0.119 e. The van der Waals surface area contributed by atoms with E-state index < -0.39 is 0 Å². The molecule has 0 radical (unpaired) electrons. The van der Waals surface area contributed by atoms with E-state index in [1.807, 2.05) is 18.2 Å². The van der Waals surface area contributed by atoms with Crippen LogP contribution in [-0.2, 0) is 13.1 Å². The van der Waals surface area contributed by atoms with Gasteiger partial charge in [-0.05, 0) is 53.2 Å². The van der Waals surface area contributed by atoms with Gasteiger partial charge >= 0.3 is 0 Å². The number of nitrogens with zero attached hydrogens (tertiary/aromatic N) is 1. The van der Waals surface area contributed by atoms with Crippen molar-refractivity contribution in [1.29, 1.82) is 0 Å². The zero-order valence-electron chi connectivity index (χ0n) is 10.7. The van der Waals surface area contributed by atoms with Crippen LogP contribution in [-0.4, -0.2) is 19.1 Å². The minimum Gasteiger partial charge on any atom is -0.497 e. The zero-order chi connectivity index (χ0) is 13.0. The molecule has 96 valence electrons. The maximum absolute atomic E-state index is 5.99. The number of benzene rings is 1. The molecular weight excluding hydrogens is 244 g/mol. The second-order valence-electron chi connectivity index (χ2n) is 4.37. The number of rotatable bonds is 5. The van der Waals surface area contributed by atoms with Crippen LogP contribution in [0.4, 0.5) is 5.69 Å². The summed E-state index contributed by atoms with van der Waals surface area (Å²) in [6.45, 7) is 1.75. The summed E-state index contributed by atoms with van der Waals surface area (Å²) in [5.41, 5.74) is 9.24. The lowest BCUT2D eigenvalue weighted by molar-refractivity contribution is 0.319. The van der Waals surface area contributed by atoms with Crippen molar-refractivity contribution in [3.8, 4) is 5.75 Å². The summed E-state index contributed by atoms with van der Waals surface area (Å²) in [5.74, 6) is 0.850. The van der Waals surface area contributed by atoms with Gasteiger partial charge in [0.2, 0.25) is 0 Å². The Morgan fingerprint density at radius 2 is 2.11 bits per heavy atom. The highest BCUT2D eigenvalue weighted by atomic mass is 32.1. The molecule has 0 fully saturated rings. The van der Waals surface area contributed by atoms with Gasteiger partial charge in [-0.25, -0.2) is 0 Å². The zero-order valence-corrected chi connectivity index (χ0v) is 11.5. The van der Waals surface area contributed by atoms with Crippen molar-refractivity contribution in [2.24, 2.45) is 0 Å². The van der Waals surface area contributed by atoms with Gasteiger partial charge in [-0.2, -0.15) is 11.3 Å². The fourth-order valence-electron chi connectivity index (χ4n) is 1.89. The van der Waals surface area contributed by atoms with Gasteiger partial charge in [-0.15, -0.1) is 0 Å². The van der Waals surface area contributed by atoms with Crippen LogP contribution in [0.3, 0.4) is 0 Å². The quantitative estimate of drug-likeness (QED) is 0.842. The summed E-state index contributed by atoms with van der Waals surface area (Å²) in [6, 6.07) is 7.93. The van der Waals surface area contributed by atoms with Gasteiger partial charge in [0, 0.05) is 18.8 Å². The summed E-state index contributed by atoms with van der Waals surface area (Å²) in [4.78, 5) is 2.24. The summed E-state index contributed by atoms with van der Waals surface area (Å²) in [6.07, 6.45) is 0. The average molecular weight is 262 g/mol. The molecule has 0 unspecified atom stereocenters. The highest BCUT2D eigenvalue weighted by molar-refractivity contribution is 7.07. The van der Waals surface area contributed by atoms with E-state index in [1.54, 1.807) is 18.4 Å². The maximum atomic E-state index is 5.99. The number of anilines is 1. The first kappa shape index (κ1) is 12.9. The molecule has 2 N–H and O–H groups in total.